The first-order valence-corrected chi connectivity index (χ1v) is 5.74. The number of amidine groups is 1. The summed E-state index contributed by atoms with van der Waals surface area (Å²) in [7, 11) is 1.58. The van der Waals surface area contributed by atoms with Crippen LogP contribution in [0.25, 0.3) is 0 Å². The summed E-state index contributed by atoms with van der Waals surface area (Å²) in [6.07, 6.45) is 0. The van der Waals surface area contributed by atoms with Crippen LogP contribution >= 0.6 is 39.5 Å². The molecule has 0 spiro atoms. The van der Waals surface area contributed by atoms with Gasteiger partial charge >= 0.3 is 0 Å². The minimum absolute atomic E-state index is 0.567. The van der Waals surface area contributed by atoms with E-state index in [0.29, 0.717) is 15.5 Å². The van der Waals surface area contributed by atoms with Crippen molar-refractivity contribution in [3.63, 3.8) is 0 Å². The topological polar surface area (TPSA) is 33.6 Å². The summed E-state index contributed by atoms with van der Waals surface area (Å²) in [5, 5.41) is 0.567. The number of ether oxygens (including phenoxy) is 1. The molecule has 0 saturated carbocycles. The monoisotopic (exact) mass is 292 g/mol. The fourth-order valence-electron chi connectivity index (χ4n) is 1.13. The molecule has 0 amide bonds. The first-order valence-electron chi connectivity index (χ1n) is 3.76. The smallest absolute Gasteiger partial charge is 0.181 e. The van der Waals surface area contributed by atoms with E-state index in [1.165, 1.54) is 11.9 Å². The van der Waals surface area contributed by atoms with Crippen molar-refractivity contribution >= 4 is 49.9 Å². The number of nitrogens with one attached hydrogen (secondary N) is 1. The quantitative estimate of drug-likeness (QED) is 0.637. The van der Waals surface area contributed by atoms with E-state index in [0.717, 1.165) is 10.6 Å². The number of hydrogen-bond donors (Lipinski definition) is 1. The molecule has 14 heavy (non-hydrogen) atoms. The molecule has 1 N–H and O–H groups in total. The number of rotatable bonds is 1. The van der Waals surface area contributed by atoms with Crippen LogP contribution in [0.4, 0.5) is 5.69 Å². The number of fused-ring (bicyclic) bond motifs is 1. The maximum Gasteiger partial charge on any atom is 0.181 e. The molecule has 0 unspecified atom stereocenters. The molecule has 6 heteroatoms. The van der Waals surface area contributed by atoms with E-state index in [2.05, 4.69) is 25.6 Å². The van der Waals surface area contributed by atoms with Crippen molar-refractivity contribution in [1.82, 2.24) is 4.72 Å². The summed E-state index contributed by atoms with van der Waals surface area (Å²) < 4.78 is 8.85. The van der Waals surface area contributed by atoms with Gasteiger partial charge in [0.25, 0.3) is 0 Å². The number of methoxy groups -OCH3 is 1. The fourth-order valence-corrected chi connectivity index (χ4v) is 2.39. The van der Waals surface area contributed by atoms with Crippen LogP contribution in [0.2, 0.25) is 5.02 Å². The Labute approximate surface area is 99.1 Å². The Morgan fingerprint density at radius 1 is 1.57 bits per heavy atom. The minimum atomic E-state index is 0.567. The maximum absolute atomic E-state index is 5.97. The largest absolute Gasteiger partial charge is 0.493 e. The molecule has 0 saturated heterocycles. The van der Waals surface area contributed by atoms with Crippen LogP contribution in [-0.2, 0) is 0 Å². The Morgan fingerprint density at radius 2 is 2.36 bits per heavy atom. The highest BCUT2D eigenvalue weighted by Gasteiger charge is 2.17. The SMILES string of the molecule is COc1c(Cl)ccc2c1N=C(Br)NS2. The van der Waals surface area contributed by atoms with Gasteiger partial charge in [0.2, 0.25) is 0 Å². The molecule has 0 aromatic heterocycles. The van der Waals surface area contributed by atoms with Gasteiger partial charge in [0.1, 0.15) is 5.69 Å². The Balaban J connectivity index is 2.62. The zero-order chi connectivity index (χ0) is 10.1. The second-order valence-corrected chi connectivity index (χ2v) is 4.54. The fraction of sp³-hybridized carbons (Fsp3) is 0.125. The lowest BCUT2D eigenvalue weighted by Gasteiger charge is -2.16. The van der Waals surface area contributed by atoms with E-state index in [-0.39, 0.29) is 0 Å². The molecule has 0 fully saturated rings. The van der Waals surface area contributed by atoms with Gasteiger partial charge in [-0.3, -0.25) is 0 Å². The molecular weight excluding hydrogens is 288 g/mol. The predicted octanol–water partition coefficient (Wildman–Crippen LogP) is 3.34. The van der Waals surface area contributed by atoms with Crippen LogP contribution in [0, 0.1) is 0 Å². The van der Waals surface area contributed by atoms with Crippen molar-refractivity contribution in [2.75, 3.05) is 7.11 Å². The first kappa shape index (κ1) is 10.1. The summed E-state index contributed by atoms with van der Waals surface area (Å²) in [6, 6.07) is 3.70. The number of aliphatic imine (C=N–C) groups is 1. The normalized spacial score (nSPS) is 14.1. The third kappa shape index (κ3) is 1.71. The van der Waals surface area contributed by atoms with Gasteiger partial charge in [0.05, 0.1) is 17.0 Å². The number of nitrogens with zero attached hydrogens (tertiary/aromatic N) is 1. The number of halogens is 2. The van der Waals surface area contributed by atoms with Crippen molar-refractivity contribution in [1.29, 1.82) is 0 Å². The third-order valence-electron chi connectivity index (χ3n) is 1.71. The molecule has 0 bridgehead atoms. The van der Waals surface area contributed by atoms with Gasteiger partial charge in [0.15, 0.2) is 10.5 Å². The molecule has 1 aliphatic rings. The van der Waals surface area contributed by atoms with Crippen LogP contribution in [0.1, 0.15) is 0 Å². The van der Waals surface area contributed by atoms with E-state index in [1.54, 1.807) is 13.2 Å². The summed E-state index contributed by atoms with van der Waals surface area (Å²) in [6.45, 7) is 0. The molecule has 2 rings (SSSR count). The molecule has 1 aromatic carbocycles. The Hall–Kier alpha value is -0.390. The van der Waals surface area contributed by atoms with Crippen molar-refractivity contribution in [3.8, 4) is 5.75 Å². The number of benzene rings is 1. The van der Waals surface area contributed by atoms with Gasteiger partial charge in [-0.15, -0.1) is 0 Å². The summed E-state index contributed by atoms with van der Waals surface area (Å²) in [5.41, 5.74) is 0.760. The highest BCUT2D eigenvalue weighted by molar-refractivity contribution is 9.18. The Kier molecular flexibility index (Phi) is 2.90. The standard InChI is InChI=1S/C8H6BrClN2OS/c1-13-7-4(10)2-3-5-6(7)11-8(9)12-14-5/h2-3H,1H3,(H,11,12). The van der Waals surface area contributed by atoms with Gasteiger partial charge in [-0.25, -0.2) is 4.99 Å². The summed E-state index contributed by atoms with van der Waals surface area (Å²) >= 11 is 10.7. The van der Waals surface area contributed by atoms with Gasteiger partial charge in [-0.05, 0) is 40.0 Å². The molecule has 0 radical (unpaired) electrons. The average Bonchev–Trinajstić information content (AvgIpc) is 2.17. The highest BCUT2D eigenvalue weighted by Crippen LogP contribution is 2.43. The Morgan fingerprint density at radius 3 is 3.07 bits per heavy atom. The van der Waals surface area contributed by atoms with Crippen molar-refractivity contribution in [2.24, 2.45) is 4.99 Å². The molecule has 1 aromatic rings. The first-order chi connectivity index (χ1) is 6.72. The number of hydrogen-bond acceptors (Lipinski definition) is 4. The van der Waals surface area contributed by atoms with Gasteiger partial charge in [0, 0.05) is 0 Å². The van der Waals surface area contributed by atoms with E-state index in [4.69, 9.17) is 16.3 Å². The van der Waals surface area contributed by atoms with Crippen LogP contribution in [0.5, 0.6) is 5.75 Å². The van der Waals surface area contributed by atoms with Crippen LogP contribution < -0.4 is 9.46 Å². The van der Waals surface area contributed by atoms with Gasteiger partial charge in [-0.1, -0.05) is 11.6 Å². The predicted molar refractivity (Wildman–Crippen MR) is 63.0 cm³/mol. The molecule has 1 aliphatic heterocycles. The van der Waals surface area contributed by atoms with Crippen molar-refractivity contribution < 1.29 is 4.74 Å². The van der Waals surface area contributed by atoms with Crippen LogP contribution in [-0.4, -0.2) is 11.9 Å². The maximum atomic E-state index is 5.97. The van der Waals surface area contributed by atoms with E-state index >= 15 is 0 Å². The minimum Gasteiger partial charge on any atom is -0.493 e. The molecule has 0 aliphatic carbocycles. The van der Waals surface area contributed by atoms with E-state index in [9.17, 15) is 0 Å². The third-order valence-corrected chi connectivity index (χ3v) is 3.49. The lowest BCUT2D eigenvalue weighted by molar-refractivity contribution is 0.415. The zero-order valence-corrected chi connectivity index (χ0v) is 10.3. The van der Waals surface area contributed by atoms with E-state index in [1.807, 2.05) is 6.07 Å². The zero-order valence-electron chi connectivity index (χ0n) is 7.17. The summed E-state index contributed by atoms with van der Waals surface area (Å²) in [5.74, 6) is 0.607. The second-order valence-electron chi connectivity index (χ2n) is 2.53. The van der Waals surface area contributed by atoms with Crippen molar-refractivity contribution in [3.05, 3.63) is 17.2 Å². The lowest BCUT2D eigenvalue weighted by Crippen LogP contribution is -2.11. The molecule has 1 heterocycles. The van der Waals surface area contributed by atoms with Gasteiger partial charge in [-0.2, -0.15) is 0 Å². The highest BCUT2D eigenvalue weighted by atomic mass is 79.9. The van der Waals surface area contributed by atoms with Crippen LogP contribution in [0.15, 0.2) is 22.0 Å². The summed E-state index contributed by atoms with van der Waals surface area (Å²) in [4.78, 5) is 5.26. The molecule has 74 valence electrons. The second kappa shape index (κ2) is 4.00. The Bertz CT molecular complexity index is 411. The average molecular weight is 294 g/mol. The van der Waals surface area contributed by atoms with Crippen LogP contribution in [0.3, 0.4) is 0 Å². The molecular formula is C8H6BrClN2OS. The van der Waals surface area contributed by atoms with Crippen molar-refractivity contribution in [2.45, 2.75) is 4.90 Å². The molecule has 3 nitrogen and oxygen atoms in total. The molecule has 0 atom stereocenters. The van der Waals surface area contributed by atoms with E-state index < -0.39 is 0 Å². The lowest BCUT2D eigenvalue weighted by atomic mass is 10.3. The van der Waals surface area contributed by atoms with Gasteiger partial charge < -0.3 is 9.46 Å².